The van der Waals surface area contributed by atoms with E-state index in [9.17, 15) is 4.79 Å². The molecule has 4 nitrogen and oxygen atoms in total. The number of halogens is 1. The van der Waals surface area contributed by atoms with Gasteiger partial charge in [-0.1, -0.05) is 24.4 Å². The van der Waals surface area contributed by atoms with E-state index in [4.69, 9.17) is 16.3 Å². The van der Waals surface area contributed by atoms with Crippen molar-refractivity contribution in [1.29, 1.82) is 0 Å². The van der Waals surface area contributed by atoms with Crippen molar-refractivity contribution in [3.05, 3.63) is 29.3 Å². The molecule has 0 spiro atoms. The van der Waals surface area contributed by atoms with Crippen molar-refractivity contribution in [2.24, 2.45) is 0 Å². The summed E-state index contributed by atoms with van der Waals surface area (Å²) >= 11 is 5.84. The van der Waals surface area contributed by atoms with Crippen LogP contribution >= 0.6 is 11.6 Å². The van der Waals surface area contributed by atoms with E-state index in [1.54, 1.807) is 0 Å². The van der Waals surface area contributed by atoms with Gasteiger partial charge >= 0.3 is 0 Å². The summed E-state index contributed by atoms with van der Waals surface area (Å²) in [5.74, 6) is 1.07. The molecule has 3 rings (SSSR count). The molecule has 0 bridgehead atoms. The molecule has 1 aromatic rings. The first-order valence-electron chi connectivity index (χ1n) is 9.12. The van der Waals surface area contributed by atoms with Crippen LogP contribution in [0.2, 0.25) is 5.02 Å². The van der Waals surface area contributed by atoms with E-state index in [0.717, 1.165) is 44.4 Å². The molecule has 132 valence electrons. The maximum atomic E-state index is 12.3. The van der Waals surface area contributed by atoms with E-state index in [2.05, 4.69) is 4.90 Å². The molecule has 0 aromatic heterocycles. The SMILES string of the molecule is O=C(CCCOc1ccc(Cl)cc1)N1CCN(C2CCCC2)CC1. The zero-order chi connectivity index (χ0) is 16.8. The average molecular weight is 351 g/mol. The topological polar surface area (TPSA) is 32.8 Å². The maximum absolute atomic E-state index is 12.3. The fraction of sp³-hybridized carbons (Fsp3) is 0.632. The lowest BCUT2D eigenvalue weighted by molar-refractivity contribution is -0.133. The Labute approximate surface area is 149 Å². The van der Waals surface area contributed by atoms with Crippen LogP contribution in [0, 0.1) is 0 Å². The highest BCUT2D eigenvalue weighted by molar-refractivity contribution is 6.30. The molecule has 0 unspecified atom stereocenters. The molecule has 0 radical (unpaired) electrons. The van der Waals surface area contributed by atoms with Crippen LogP contribution in [0.3, 0.4) is 0 Å². The number of piperazine rings is 1. The number of carbonyl (C=O) groups is 1. The molecule has 24 heavy (non-hydrogen) atoms. The van der Waals surface area contributed by atoms with Crippen LogP contribution in [0.5, 0.6) is 5.75 Å². The molecule has 1 heterocycles. The average Bonchev–Trinajstić information content (AvgIpc) is 3.15. The van der Waals surface area contributed by atoms with Crippen LogP contribution in [-0.2, 0) is 4.79 Å². The summed E-state index contributed by atoms with van der Waals surface area (Å²) in [5.41, 5.74) is 0. The predicted molar refractivity (Wildman–Crippen MR) is 96.6 cm³/mol. The van der Waals surface area contributed by atoms with Gasteiger partial charge in [-0.3, -0.25) is 9.69 Å². The summed E-state index contributed by atoms with van der Waals surface area (Å²) in [4.78, 5) is 16.9. The molecule has 1 saturated carbocycles. The van der Waals surface area contributed by atoms with Gasteiger partial charge in [0.15, 0.2) is 0 Å². The van der Waals surface area contributed by atoms with Crippen LogP contribution in [0.1, 0.15) is 38.5 Å². The molecule has 5 heteroatoms. The Hall–Kier alpha value is -1.26. The summed E-state index contributed by atoms with van der Waals surface area (Å²) in [6, 6.07) is 8.10. The van der Waals surface area contributed by atoms with Crippen molar-refractivity contribution >= 4 is 17.5 Å². The van der Waals surface area contributed by atoms with Crippen molar-refractivity contribution in [3.8, 4) is 5.75 Å². The minimum atomic E-state index is 0.265. The lowest BCUT2D eigenvalue weighted by atomic mass is 10.1. The molecule has 0 N–H and O–H groups in total. The van der Waals surface area contributed by atoms with Crippen LogP contribution in [0.25, 0.3) is 0 Å². The van der Waals surface area contributed by atoms with E-state index in [1.165, 1.54) is 25.7 Å². The first-order chi connectivity index (χ1) is 11.7. The van der Waals surface area contributed by atoms with Gasteiger partial charge in [0, 0.05) is 43.7 Å². The van der Waals surface area contributed by atoms with Gasteiger partial charge in [-0.25, -0.2) is 0 Å². The second-order valence-corrected chi connectivity index (χ2v) is 7.20. The normalized spacial score (nSPS) is 19.6. The number of ether oxygens (including phenoxy) is 1. The smallest absolute Gasteiger partial charge is 0.222 e. The molecule has 2 aliphatic rings. The largest absolute Gasteiger partial charge is 0.494 e. The number of benzene rings is 1. The van der Waals surface area contributed by atoms with E-state index >= 15 is 0 Å². The van der Waals surface area contributed by atoms with Crippen molar-refractivity contribution in [1.82, 2.24) is 9.80 Å². The Balaban J connectivity index is 1.31. The second-order valence-electron chi connectivity index (χ2n) is 6.76. The van der Waals surface area contributed by atoms with Gasteiger partial charge in [0.2, 0.25) is 5.91 Å². The molecule has 1 saturated heterocycles. The van der Waals surface area contributed by atoms with E-state index in [1.807, 2.05) is 29.2 Å². The van der Waals surface area contributed by atoms with Crippen molar-refractivity contribution in [2.45, 2.75) is 44.6 Å². The summed E-state index contributed by atoms with van der Waals surface area (Å²) in [6.07, 6.45) is 6.75. The van der Waals surface area contributed by atoms with Gasteiger partial charge in [0.25, 0.3) is 0 Å². The highest BCUT2D eigenvalue weighted by atomic mass is 35.5. The lowest BCUT2D eigenvalue weighted by Crippen LogP contribution is -2.51. The molecule has 0 atom stereocenters. The number of amides is 1. The van der Waals surface area contributed by atoms with Gasteiger partial charge in [-0.05, 0) is 43.5 Å². The van der Waals surface area contributed by atoms with Crippen molar-refractivity contribution in [2.75, 3.05) is 32.8 Å². The number of rotatable bonds is 6. The fourth-order valence-corrected chi connectivity index (χ4v) is 3.83. The summed E-state index contributed by atoms with van der Waals surface area (Å²) in [7, 11) is 0. The van der Waals surface area contributed by atoms with Gasteiger partial charge in [0.1, 0.15) is 5.75 Å². The summed E-state index contributed by atoms with van der Waals surface area (Å²) < 4.78 is 5.65. The zero-order valence-corrected chi connectivity index (χ0v) is 15.0. The maximum Gasteiger partial charge on any atom is 0.222 e. The van der Waals surface area contributed by atoms with E-state index in [0.29, 0.717) is 18.1 Å². The van der Waals surface area contributed by atoms with Gasteiger partial charge in [0.05, 0.1) is 6.61 Å². The molecule has 1 aliphatic heterocycles. The van der Waals surface area contributed by atoms with Gasteiger partial charge in [-0.2, -0.15) is 0 Å². The highest BCUT2D eigenvalue weighted by Crippen LogP contribution is 2.24. The Morgan fingerprint density at radius 1 is 1.08 bits per heavy atom. The Bertz CT molecular complexity index is 521. The Morgan fingerprint density at radius 2 is 1.75 bits per heavy atom. The first kappa shape index (κ1) is 17.6. The monoisotopic (exact) mass is 350 g/mol. The fourth-order valence-electron chi connectivity index (χ4n) is 3.71. The highest BCUT2D eigenvalue weighted by Gasteiger charge is 2.27. The third-order valence-electron chi connectivity index (χ3n) is 5.13. The quantitative estimate of drug-likeness (QED) is 0.735. The first-order valence-corrected chi connectivity index (χ1v) is 9.50. The Kier molecular flexibility index (Phi) is 6.38. The van der Waals surface area contributed by atoms with Gasteiger partial charge in [-0.15, -0.1) is 0 Å². The van der Waals surface area contributed by atoms with Crippen LogP contribution < -0.4 is 4.74 Å². The molecular weight excluding hydrogens is 324 g/mol. The van der Waals surface area contributed by atoms with Crippen LogP contribution in [-0.4, -0.2) is 54.5 Å². The summed E-state index contributed by atoms with van der Waals surface area (Å²) in [6.45, 7) is 4.41. The van der Waals surface area contributed by atoms with E-state index < -0.39 is 0 Å². The minimum Gasteiger partial charge on any atom is -0.494 e. The van der Waals surface area contributed by atoms with Crippen LogP contribution in [0.4, 0.5) is 0 Å². The molecule has 1 aromatic carbocycles. The minimum absolute atomic E-state index is 0.265. The number of nitrogens with zero attached hydrogens (tertiary/aromatic N) is 2. The van der Waals surface area contributed by atoms with E-state index in [-0.39, 0.29) is 5.91 Å². The molecular formula is C19H27ClN2O2. The standard InChI is InChI=1S/C19H27ClN2O2/c20-16-7-9-18(10-8-16)24-15-3-6-19(23)22-13-11-21(12-14-22)17-4-1-2-5-17/h7-10,17H,1-6,11-15H2. The van der Waals surface area contributed by atoms with Gasteiger partial charge < -0.3 is 9.64 Å². The predicted octanol–water partition coefficient (Wildman–Crippen LogP) is 3.59. The number of hydrogen-bond acceptors (Lipinski definition) is 3. The zero-order valence-electron chi connectivity index (χ0n) is 14.3. The third-order valence-corrected chi connectivity index (χ3v) is 5.38. The number of hydrogen-bond donors (Lipinski definition) is 0. The second kappa shape index (κ2) is 8.72. The van der Waals surface area contributed by atoms with Crippen LogP contribution in [0.15, 0.2) is 24.3 Å². The molecule has 1 aliphatic carbocycles. The summed E-state index contributed by atoms with van der Waals surface area (Å²) in [5, 5.41) is 0.703. The lowest BCUT2D eigenvalue weighted by Gasteiger charge is -2.38. The molecule has 1 amide bonds. The number of carbonyl (C=O) groups excluding carboxylic acids is 1. The van der Waals surface area contributed by atoms with Crippen molar-refractivity contribution < 1.29 is 9.53 Å². The van der Waals surface area contributed by atoms with Crippen molar-refractivity contribution in [3.63, 3.8) is 0 Å². The third kappa shape index (κ3) is 4.87. The Morgan fingerprint density at radius 3 is 2.42 bits per heavy atom. The molecule has 2 fully saturated rings.